The zero-order valence-corrected chi connectivity index (χ0v) is 12.2. The fourth-order valence-corrected chi connectivity index (χ4v) is 2.89. The number of nitrogens with zero attached hydrogens (tertiary/aromatic N) is 3. The number of hydrogen-bond donors (Lipinski definition) is 0. The number of carbonyl (C=O) groups excluding carboxylic acids is 1. The first-order chi connectivity index (χ1) is 9.72. The van der Waals surface area contributed by atoms with Gasteiger partial charge in [-0.05, 0) is 30.9 Å². The van der Waals surface area contributed by atoms with Crippen molar-refractivity contribution in [1.29, 1.82) is 0 Å². The first-order valence-corrected chi connectivity index (χ1v) is 7.49. The number of aldehydes is 1. The fraction of sp³-hybridized carbons (Fsp3) is 0.267. The van der Waals surface area contributed by atoms with Gasteiger partial charge in [-0.1, -0.05) is 6.92 Å². The molecular formula is C15H15N3OS. The second kappa shape index (κ2) is 5.17. The Morgan fingerprint density at radius 2 is 2.35 bits per heavy atom. The van der Waals surface area contributed by atoms with E-state index in [0.717, 1.165) is 28.5 Å². The summed E-state index contributed by atoms with van der Waals surface area (Å²) in [6.07, 6.45) is 5.43. The lowest BCUT2D eigenvalue weighted by atomic mass is 10.1. The Bertz CT molecular complexity index is 759. The average Bonchev–Trinajstić information content (AvgIpc) is 3.11. The molecule has 3 heterocycles. The molecule has 0 saturated carbocycles. The number of hydrogen-bond acceptors (Lipinski definition) is 4. The number of rotatable bonds is 4. The van der Waals surface area contributed by atoms with Crippen LogP contribution in [0.2, 0.25) is 0 Å². The summed E-state index contributed by atoms with van der Waals surface area (Å²) in [5.41, 5.74) is 3.20. The maximum Gasteiger partial charge on any atom is 0.153 e. The Labute approximate surface area is 121 Å². The van der Waals surface area contributed by atoms with E-state index in [4.69, 9.17) is 0 Å². The summed E-state index contributed by atoms with van der Waals surface area (Å²) in [5.74, 6) is 0. The molecule has 0 N–H and O–H groups in total. The molecule has 20 heavy (non-hydrogen) atoms. The summed E-state index contributed by atoms with van der Waals surface area (Å²) < 4.78 is 2.97. The van der Waals surface area contributed by atoms with Crippen LogP contribution in [-0.2, 0) is 0 Å². The molecule has 0 fully saturated rings. The first-order valence-electron chi connectivity index (χ1n) is 6.61. The zero-order valence-electron chi connectivity index (χ0n) is 11.4. The molecule has 0 aliphatic carbocycles. The minimum absolute atomic E-state index is 0.279. The minimum atomic E-state index is 0.279. The van der Waals surface area contributed by atoms with Crippen LogP contribution in [0, 0.1) is 0 Å². The minimum Gasteiger partial charge on any atom is -0.298 e. The molecule has 3 aromatic heterocycles. The van der Waals surface area contributed by atoms with Crippen LogP contribution in [0.5, 0.6) is 0 Å². The van der Waals surface area contributed by atoms with E-state index in [1.165, 1.54) is 0 Å². The third-order valence-electron chi connectivity index (χ3n) is 3.51. The molecule has 0 aliphatic heterocycles. The van der Waals surface area contributed by atoms with Gasteiger partial charge in [-0.2, -0.15) is 5.10 Å². The average molecular weight is 285 g/mol. The molecular weight excluding hydrogens is 270 g/mol. The van der Waals surface area contributed by atoms with Crippen LogP contribution < -0.4 is 0 Å². The number of pyridine rings is 1. The van der Waals surface area contributed by atoms with Crippen molar-refractivity contribution in [2.45, 2.75) is 26.3 Å². The topological polar surface area (TPSA) is 47.8 Å². The zero-order chi connectivity index (χ0) is 14.1. The van der Waals surface area contributed by atoms with Crippen LogP contribution in [-0.4, -0.2) is 21.1 Å². The SMILES string of the molecule is CCC(C)n1cc(C=O)c(-c2cnc3ccsc3c2)n1. The third kappa shape index (κ3) is 2.14. The van der Waals surface area contributed by atoms with Gasteiger partial charge in [-0.25, -0.2) is 0 Å². The molecule has 0 saturated heterocycles. The van der Waals surface area contributed by atoms with Gasteiger partial charge in [0.2, 0.25) is 0 Å². The van der Waals surface area contributed by atoms with Gasteiger partial charge in [0.05, 0.1) is 15.8 Å². The van der Waals surface area contributed by atoms with Crippen molar-refractivity contribution in [1.82, 2.24) is 14.8 Å². The summed E-state index contributed by atoms with van der Waals surface area (Å²) in [5, 5.41) is 6.58. The highest BCUT2D eigenvalue weighted by Crippen LogP contribution is 2.27. The van der Waals surface area contributed by atoms with Crippen molar-refractivity contribution in [3.63, 3.8) is 0 Å². The van der Waals surface area contributed by atoms with Crippen molar-refractivity contribution in [3.05, 3.63) is 35.5 Å². The van der Waals surface area contributed by atoms with E-state index in [2.05, 4.69) is 23.9 Å². The Morgan fingerprint density at radius 3 is 3.10 bits per heavy atom. The van der Waals surface area contributed by atoms with Gasteiger partial charge in [-0.15, -0.1) is 11.3 Å². The molecule has 0 spiro atoms. The highest BCUT2D eigenvalue weighted by molar-refractivity contribution is 7.17. The predicted octanol–water partition coefficient (Wildman–Crippen LogP) is 3.94. The summed E-state index contributed by atoms with van der Waals surface area (Å²) in [7, 11) is 0. The summed E-state index contributed by atoms with van der Waals surface area (Å²) in [6, 6.07) is 4.31. The molecule has 1 atom stereocenters. The highest BCUT2D eigenvalue weighted by atomic mass is 32.1. The van der Waals surface area contributed by atoms with E-state index < -0.39 is 0 Å². The molecule has 5 heteroatoms. The molecule has 3 aromatic rings. The molecule has 0 radical (unpaired) electrons. The van der Waals surface area contributed by atoms with Gasteiger partial charge >= 0.3 is 0 Å². The van der Waals surface area contributed by atoms with Gasteiger partial charge in [0.1, 0.15) is 5.69 Å². The van der Waals surface area contributed by atoms with E-state index >= 15 is 0 Å². The Kier molecular flexibility index (Phi) is 3.36. The molecule has 3 rings (SSSR count). The van der Waals surface area contributed by atoms with Crippen LogP contribution in [0.3, 0.4) is 0 Å². The van der Waals surface area contributed by atoms with Crippen molar-refractivity contribution < 1.29 is 4.79 Å². The number of aromatic nitrogens is 3. The standard InChI is InChI=1S/C15H15N3OS/c1-3-10(2)18-8-12(9-19)15(17-18)11-6-14-13(16-7-11)4-5-20-14/h4-10H,3H2,1-2H3. The lowest BCUT2D eigenvalue weighted by Gasteiger charge is -2.07. The van der Waals surface area contributed by atoms with Crippen molar-refractivity contribution in [2.24, 2.45) is 0 Å². The molecule has 0 amide bonds. The summed E-state index contributed by atoms with van der Waals surface area (Å²) in [4.78, 5) is 15.7. The number of fused-ring (bicyclic) bond motifs is 1. The summed E-state index contributed by atoms with van der Waals surface area (Å²) in [6.45, 7) is 4.19. The van der Waals surface area contributed by atoms with Crippen LogP contribution in [0.4, 0.5) is 0 Å². The van der Waals surface area contributed by atoms with Crippen molar-refractivity contribution in [3.8, 4) is 11.3 Å². The van der Waals surface area contributed by atoms with Gasteiger partial charge in [0.15, 0.2) is 6.29 Å². The van der Waals surface area contributed by atoms with Gasteiger partial charge in [0.25, 0.3) is 0 Å². The van der Waals surface area contributed by atoms with E-state index in [0.29, 0.717) is 11.3 Å². The largest absolute Gasteiger partial charge is 0.298 e. The number of thiophene rings is 1. The van der Waals surface area contributed by atoms with Crippen LogP contribution in [0.15, 0.2) is 29.9 Å². The Hall–Kier alpha value is -2.01. The number of carbonyl (C=O) groups is 1. The second-order valence-corrected chi connectivity index (χ2v) is 5.76. The van der Waals surface area contributed by atoms with E-state index in [9.17, 15) is 4.79 Å². The fourth-order valence-electron chi connectivity index (χ4n) is 2.11. The second-order valence-electron chi connectivity index (χ2n) is 4.82. The molecule has 0 aliphatic rings. The lowest BCUT2D eigenvalue weighted by Crippen LogP contribution is -2.04. The van der Waals surface area contributed by atoms with Gasteiger partial charge in [0, 0.05) is 24.0 Å². The molecule has 0 bridgehead atoms. The quantitative estimate of drug-likeness (QED) is 0.682. The first kappa shape index (κ1) is 13.0. The van der Waals surface area contributed by atoms with Crippen molar-refractivity contribution >= 4 is 27.8 Å². The van der Waals surface area contributed by atoms with Crippen LogP contribution in [0.1, 0.15) is 36.7 Å². The monoisotopic (exact) mass is 285 g/mol. The molecule has 0 aromatic carbocycles. The van der Waals surface area contributed by atoms with Gasteiger partial charge in [-0.3, -0.25) is 14.5 Å². The maximum absolute atomic E-state index is 11.3. The van der Waals surface area contributed by atoms with Crippen LogP contribution in [0.25, 0.3) is 21.5 Å². The normalized spacial score (nSPS) is 12.7. The Balaban J connectivity index is 2.11. The van der Waals surface area contributed by atoms with Crippen LogP contribution >= 0.6 is 11.3 Å². The van der Waals surface area contributed by atoms with E-state index in [-0.39, 0.29) is 6.04 Å². The lowest BCUT2D eigenvalue weighted by molar-refractivity contribution is 0.112. The molecule has 102 valence electrons. The third-order valence-corrected chi connectivity index (χ3v) is 4.36. The molecule has 1 unspecified atom stereocenters. The van der Waals surface area contributed by atoms with Gasteiger partial charge < -0.3 is 0 Å². The van der Waals surface area contributed by atoms with E-state index in [1.54, 1.807) is 17.5 Å². The maximum atomic E-state index is 11.3. The van der Waals surface area contributed by atoms with Crippen molar-refractivity contribution in [2.75, 3.05) is 0 Å². The molecule has 4 nitrogen and oxygen atoms in total. The summed E-state index contributed by atoms with van der Waals surface area (Å²) >= 11 is 1.64. The van der Waals surface area contributed by atoms with E-state index in [1.807, 2.05) is 28.4 Å². The smallest absolute Gasteiger partial charge is 0.153 e. The highest BCUT2D eigenvalue weighted by Gasteiger charge is 2.14. The predicted molar refractivity (Wildman–Crippen MR) is 81.2 cm³/mol. The Morgan fingerprint density at radius 1 is 1.50 bits per heavy atom.